The van der Waals surface area contributed by atoms with Gasteiger partial charge in [-0.1, -0.05) is 58.4 Å². The van der Waals surface area contributed by atoms with E-state index in [4.69, 9.17) is 0 Å². The van der Waals surface area contributed by atoms with Gasteiger partial charge >= 0.3 is 0 Å². The molecule has 1 heterocycles. The van der Waals surface area contributed by atoms with Crippen molar-refractivity contribution in [1.82, 2.24) is 4.98 Å². The second-order valence-corrected chi connectivity index (χ2v) is 5.46. The van der Waals surface area contributed by atoms with Gasteiger partial charge in [0.15, 0.2) is 0 Å². The van der Waals surface area contributed by atoms with Gasteiger partial charge in [0.2, 0.25) is 0 Å². The second kappa shape index (κ2) is 4.04. The third-order valence-corrected chi connectivity index (χ3v) is 4.23. The minimum Gasteiger partial charge on any atom is -0.256 e. The summed E-state index contributed by atoms with van der Waals surface area (Å²) in [4.78, 5) is 4.59. The van der Waals surface area contributed by atoms with Crippen molar-refractivity contribution < 1.29 is 0 Å². The molecule has 90 valence electrons. The molecule has 0 bridgehead atoms. The maximum absolute atomic E-state index is 4.59. The molecule has 0 aliphatic carbocycles. The molecule has 19 heavy (non-hydrogen) atoms. The summed E-state index contributed by atoms with van der Waals surface area (Å²) >= 11 is 3.66. The van der Waals surface area contributed by atoms with Gasteiger partial charge < -0.3 is 0 Å². The van der Waals surface area contributed by atoms with Crippen molar-refractivity contribution >= 4 is 48.4 Å². The molecule has 0 fully saturated rings. The van der Waals surface area contributed by atoms with Crippen LogP contribution in [0.25, 0.3) is 32.4 Å². The second-order valence-electron chi connectivity index (χ2n) is 4.61. The molecule has 0 spiro atoms. The quantitative estimate of drug-likeness (QED) is 0.401. The highest BCUT2D eigenvalue weighted by Gasteiger charge is 2.10. The van der Waals surface area contributed by atoms with E-state index < -0.39 is 0 Å². The molecular weight excluding hydrogens is 298 g/mol. The van der Waals surface area contributed by atoms with Crippen LogP contribution in [-0.2, 0) is 0 Å². The number of pyridine rings is 1. The highest BCUT2D eigenvalue weighted by atomic mass is 79.9. The zero-order valence-corrected chi connectivity index (χ0v) is 11.7. The van der Waals surface area contributed by atoms with Crippen molar-refractivity contribution in [2.45, 2.75) is 0 Å². The van der Waals surface area contributed by atoms with Gasteiger partial charge in [-0.15, -0.1) is 0 Å². The summed E-state index contributed by atoms with van der Waals surface area (Å²) in [5.41, 5.74) is 1.06. The average Bonchev–Trinajstić information content (AvgIpc) is 2.47. The van der Waals surface area contributed by atoms with Gasteiger partial charge in [0.1, 0.15) is 0 Å². The van der Waals surface area contributed by atoms with Crippen molar-refractivity contribution in [1.29, 1.82) is 0 Å². The largest absolute Gasteiger partial charge is 0.256 e. The lowest BCUT2D eigenvalue weighted by atomic mass is 9.97. The molecule has 0 saturated carbocycles. The fraction of sp³-hybridized carbons (Fsp3) is 0. The third-order valence-electron chi connectivity index (χ3n) is 3.57. The van der Waals surface area contributed by atoms with Crippen molar-refractivity contribution in [2.75, 3.05) is 0 Å². The number of rotatable bonds is 0. The topological polar surface area (TPSA) is 12.9 Å². The number of fused-ring (bicyclic) bond motifs is 6. The number of aromatic nitrogens is 1. The summed E-state index contributed by atoms with van der Waals surface area (Å²) in [5.74, 6) is 0. The van der Waals surface area contributed by atoms with Crippen LogP contribution in [0.2, 0.25) is 0 Å². The van der Waals surface area contributed by atoms with E-state index in [0.717, 1.165) is 9.99 Å². The predicted molar refractivity (Wildman–Crippen MR) is 84.5 cm³/mol. The molecule has 0 aliphatic rings. The van der Waals surface area contributed by atoms with Gasteiger partial charge in [0, 0.05) is 21.4 Å². The van der Waals surface area contributed by atoms with Gasteiger partial charge in [-0.05, 0) is 28.3 Å². The molecule has 4 aromatic rings. The molecule has 0 atom stereocenters. The molecule has 0 radical (unpaired) electrons. The molecule has 0 unspecified atom stereocenters. The summed E-state index contributed by atoms with van der Waals surface area (Å²) in [6.07, 6.45) is 1.86. The summed E-state index contributed by atoms with van der Waals surface area (Å²) in [6.45, 7) is 0. The molecule has 0 N–H and O–H groups in total. The van der Waals surface area contributed by atoms with Crippen molar-refractivity contribution in [3.8, 4) is 0 Å². The molecule has 2 heteroatoms. The molecule has 1 nitrogen and oxygen atoms in total. The van der Waals surface area contributed by atoms with E-state index in [1.807, 2.05) is 12.3 Å². The first-order valence-electron chi connectivity index (χ1n) is 6.20. The highest BCUT2D eigenvalue weighted by Crippen LogP contribution is 2.37. The monoisotopic (exact) mass is 307 g/mol. The van der Waals surface area contributed by atoms with Crippen LogP contribution in [0.1, 0.15) is 0 Å². The summed E-state index contributed by atoms with van der Waals surface area (Å²) in [5, 5.41) is 6.18. The first-order valence-corrected chi connectivity index (χ1v) is 6.99. The molecule has 3 aromatic carbocycles. The molecule has 0 saturated heterocycles. The normalized spacial score (nSPS) is 11.4. The Morgan fingerprint density at radius 2 is 1.37 bits per heavy atom. The fourth-order valence-corrected chi connectivity index (χ4v) is 3.32. The van der Waals surface area contributed by atoms with Gasteiger partial charge in [-0.25, -0.2) is 0 Å². The average molecular weight is 308 g/mol. The van der Waals surface area contributed by atoms with Gasteiger partial charge in [-0.3, -0.25) is 4.98 Å². The predicted octanol–water partition coefficient (Wildman–Crippen LogP) is 5.30. The maximum Gasteiger partial charge on any atom is 0.0798 e. The Balaban J connectivity index is 2.48. The first-order chi connectivity index (χ1) is 9.36. The van der Waals surface area contributed by atoms with Crippen LogP contribution in [0.5, 0.6) is 0 Å². The Morgan fingerprint density at radius 3 is 2.21 bits per heavy atom. The lowest BCUT2D eigenvalue weighted by Gasteiger charge is -2.10. The molecule has 4 rings (SSSR count). The standard InChI is InChI=1S/C17H10BrN/c18-15-9-3-7-13-11-5-1-2-6-12(11)14-8-4-10-19-17(14)16(13)15/h1-10H. The maximum atomic E-state index is 4.59. The minimum atomic E-state index is 1.06. The minimum absolute atomic E-state index is 1.06. The van der Waals surface area contributed by atoms with Crippen LogP contribution in [0.4, 0.5) is 0 Å². The lowest BCUT2D eigenvalue weighted by molar-refractivity contribution is 1.43. The third kappa shape index (κ3) is 1.50. The van der Waals surface area contributed by atoms with Gasteiger partial charge in [0.25, 0.3) is 0 Å². The van der Waals surface area contributed by atoms with Gasteiger partial charge in [0.05, 0.1) is 5.52 Å². The van der Waals surface area contributed by atoms with E-state index in [-0.39, 0.29) is 0 Å². The van der Waals surface area contributed by atoms with E-state index in [0.29, 0.717) is 0 Å². The molecular formula is C17H10BrN. The van der Waals surface area contributed by atoms with Crippen molar-refractivity contribution in [3.05, 3.63) is 65.3 Å². The van der Waals surface area contributed by atoms with E-state index in [1.165, 1.54) is 26.9 Å². The molecule has 0 amide bonds. The highest BCUT2D eigenvalue weighted by molar-refractivity contribution is 9.10. The van der Waals surface area contributed by atoms with Crippen molar-refractivity contribution in [3.63, 3.8) is 0 Å². The first kappa shape index (κ1) is 10.9. The Hall–Kier alpha value is -1.93. The Labute approximate surface area is 119 Å². The van der Waals surface area contributed by atoms with E-state index in [2.05, 4.69) is 69.4 Å². The van der Waals surface area contributed by atoms with E-state index >= 15 is 0 Å². The summed E-state index contributed by atoms with van der Waals surface area (Å²) in [6, 6.07) is 19.0. The zero-order valence-electron chi connectivity index (χ0n) is 10.1. The van der Waals surface area contributed by atoms with Crippen LogP contribution in [0.3, 0.4) is 0 Å². The van der Waals surface area contributed by atoms with E-state index in [9.17, 15) is 0 Å². The zero-order chi connectivity index (χ0) is 12.8. The number of halogens is 1. The fourth-order valence-electron chi connectivity index (χ4n) is 2.76. The van der Waals surface area contributed by atoms with Crippen LogP contribution >= 0.6 is 15.9 Å². The Kier molecular flexibility index (Phi) is 2.32. The Morgan fingerprint density at radius 1 is 0.684 bits per heavy atom. The number of nitrogens with zero attached hydrogens (tertiary/aromatic N) is 1. The SMILES string of the molecule is Brc1cccc2c3ccccc3c3cccnc3c12. The van der Waals surface area contributed by atoms with Crippen molar-refractivity contribution in [2.24, 2.45) is 0 Å². The number of hydrogen-bond acceptors (Lipinski definition) is 1. The Bertz CT molecular complexity index is 883. The molecule has 0 aliphatic heterocycles. The smallest absolute Gasteiger partial charge is 0.0798 e. The summed E-state index contributed by atoms with van der Waals surface area (Å²) < 4.78 is 1.10. The van der Waals surface area contributed by atoms with Crippen LogP contribution < -0.4 is 0 Å². The number of benzene rings is 3. The molecule has 1 aromatic heterocycles. The van der Waals surface area contributed by atoms with Gasteiger partial charge in [-0.2, -0.15) is 0 Å². The number of hydrogen-bond donors (Lipinski definition) is 0. The van der Waals surface area contributed by atoms with E-state index in [1.54, 1.807) is 0 Å². The van der Waals surface area contributed by atoms with Crippen LogP contribution in [0, 0.1) is 0 Å². The summed E-state index contributed by atoms with van der Waals surface area (Å²) in [7, 11) is 0. The lowest BCUT2D eigenvalue weighted by Crippen LogP contribution is -1.86. The van der Waals surface area contributed by atoms with Crippen LogP contribution in [-0.4, -0.2) is 4.98 Å². The van der Waals surface area contributed by atoms with Crippen LogP contribution in [0.15, 0.2) is 65.3 Å².